The van der Waals surface area contributed by atoms with Crippen molar-refractivity contribution in [1.82, 2.24) is 0 Å². The molecule has 2 aromatic rings. The molecule has 0 radical (unpaired) electrons. The Morgan fingerprint density at radius 2 is 1.96 bits per heavy atom. The summed E-state index contributed by atoms with van der Waals surface area (Å²) in [7, 11) is 3.98. The number of hydrogen-bond donors (Lipinski definition) is 0. The van der Waals surface area contributed by atoms with Gasteiger partial charge in [-0.05, 0) is 63.5 Å². The molecule has 0 atom stereocenters. The van der Waals surface area contributed by atoms with Crippen LogP contribution in [0.5, 0.6) is 11.5 Å². The fourth-order valence-corrected chi connectivity index (χ4v) is 3.14. The predicted octanol–water partition coefficient (Wildman–Crippen LogP) is 4.31. The summed E-state index contributed by atoms with van der Waals surface area (Å²) in [6.45, 7) is 0.226. The molecule has 116 valence electrons. The molecule has 0 amide bonds. The highest BCUT2D eigenvalue weighted by Gasteiger charge is 2.14. The zero-order valence-electron chi connectivity index (χ0n) is 12.8. The number of nitrogens with zero attached hydrogens (tertiary/aromatic N) is 2. The van der Waals surface area contributed by atoms with Gasteiger partial charge in [0.1, 0.15) is 0 Å². The molecule has 1 aliphatic heterocycles. The zero-order valence-corrected chi connectivity index (χ0v) is 14.4. The van der Waals surface area contributed by atoms with E-state index in [0.717, 1.165) is 21.3 Å². The van der Waals surface area contributed by atoms with Crippen molar-refractivity contribution in [2.75, 3.05) is 25.8 Å². The van der Waals surface area contributed by atoms with E-state index in [-0.39, 0.29) is 6.79 Å². The van der Waals surface area contributed by atoms with Gasteiger partial charge < -0.3 is 14.4 Å². The molecule has 0 N–H and O–H groups in total. The van der Waals surface area contributed by atoms with Gasteiger partial charge in [0.15, 0.2) is 11.5 Å². The summed E-state index contributed by atoms with van der Waals surface area (Å²) in [6, 6.07) is 13.8. The summed E-state index contributed by atoms with van der Waals surface area (Å²) in [4.78, 5) is 2.03. The average molecular weight is 371 g/mol. The van der Waals surface area contributed by atoms with Gasteiger partial charge in [0.25, 0.3) is 0 Å². The molecule has 0 spiro atoms. The third kappa shape index (κ3) is 3.17. The normalized spacial score (nSPS) is 12.9. The van der Waals surface area contributed by atoms with Crippen molar-refractivity contribution in [3.8, 4) is 17.6 Å². The molecular weight excluding hydrogens is 356 g/mol. The molecule has 0 saturated heterocycles. The number of rotatable bonds is 3. The summed E-state index contributed by atoms with van der Waals surface area (Å²) in [5.74, 6) is 1.39. The lowest BCUT2D eigenvalue weighted by atomic mass is 10.0. The monoisotopic (exact) mass is 370 g/mol. The Kier molecular flexibility index (Phi) is 4.26. The van der Waals surface area contributed by atoms with Crippen molar-refractivity contribution in [2.45, 2.75) is 0 Å². The van der Waals surface area contributed by atoms with Crippen molar-refractivity contribution in [3.05, 3.63) is 52.0 Å². The Hall–Kier alpha value is -2.45. The molecule has 3 rings (SSSR count). The zero-order chi connectivity index (χ0) is 16.4. The lowest BCUT2D eigenvalue weighted by Crippen LogP contribution is -2.09. The second kappa shape index (κ2) is 6.35. The molecule has 1 aliphatic rings. The summed E-state index contributed by atoms with van der Waals surface area (Å²) in [6.07, 6.45) is 1.86. The van der Waals surface area contributed by atoms with Gasteiger partial charge in [-0.2, -0.15) is 5.26 Å². The second-order valence-corrected chi connectivity index (χ2v) is 6.20. The minimum Gasteiger partial charge on any atom is -0.454 e. The first-order chi connectivity index (χ1) is 11.1. The van der Waals surface area contributed by atoms with Crippen molar-refractivity contribution < 1.29 is 9.47 Å². The number of allylic oxidation sites excluding steroid dienone is 1. The van der Waals surface area contributed by atoms with E-state index in [1.807, 2.05) is 61.5 Å². The van der Waals surface area contributed by atoms with Gasteiger partial charge in [-0.3, -0.25) is 0 Å². The molecular formula is C18H15BrN2O2. The third-order valence-electron chi connectivity index (χ3n) is 3.57. The fourth-order valence-electron chi connectivity index (χ4n) is 2.39. The van der Waals surface area contributed by atoms with E-state index >= 15 is 0 Å². The number of ether oxygens (including phenoxy) is 2. The standard InChI is InChI=1S/C18H15BrN2O2/c1-21(2)16-5-3-12(8-15(16)19)7-14(10-20)13-4-6-17-18(9-13)23-11-22-17/h3-9H,11H2,1-2H3. The Morgan fingerprint density at radius 1 is 1.17 bits per heavy atom. The van der Waals surface area contributed by atoms with Crippen LogP contribution in [0.3, 0.4) is 0 Å². The van der Waals surface area contributed by atoms with Crippen LogP contribution in [-0.2, 0) is 0 Å². The number of hydrogen-bond acceptors (Lipinski definition) is 4. The summed E-state index contributed by atoms with van der Waals surface area (Å²) >= 11 is 3.57. The average Bonchev–Trinajstić information content (AvgIpc) is 2.99. The molecule has 2 aromatic carbocycles. The number of fused-ring (bicyclic) bond motifs is 1. The number of halogens is 1. The Bertz CT molecular complexity index is 822. The van der Waals surface area contributed by atoms with Crippen LogP contribution in [0.25, 0.3) is 11.6 Å². The minimum absolute atomic E-state index is 0.226. The molecule has 0 fully saturated rings. The van der Waals surface area contributed by atoms with Crippen LogP contribution >= 0.6 is 15.9 Å². The van der Waals surface area contributed by atoms with E-state index in [1.165, 1.54) is 0 Å². The first-order valence-electron chi connectivity index (χ1n) is 7.07. The SMILES string of the molecule is CN(C)c1ccc(C=C(C#N)c2ccc3c(c2)OCO3)cc1Br. The van der Waals surface area contributed by atoms with E-state index in [9.17, 15) is 5.26 Å². The van der Waals surface area contributed by atoms with E-state index < -0.39 is 0 Å². The first kappa shape index (κ1) is 15.4. The quantitative estimate of drug-likeness (QED) is 0.596. The molecule has 0 saturated carbocycles. The predicted molar refractivity (Wildman–Crippen MR) is 94.5 cm³/mol. The van der Waals surface area contributed by atoms with Crippen LogP contribution in [0.1, 0.15) is 11.1 Å². The highest BCUT2D eigenvalue weighted by Crippen LogP contribution is 2.35. The Labute approximate surface area is 143 Å². The molecule has 1 heterocycles. The molecule has 5 heteroatoms. The third-order valence-corrected chi connectivity index (χ3v) is 4.20. The van der Waals surface area contributed by atoms with E-state index in [0.29, 0.717) is 17.1 Å². The van der Waals surface area contributed by atoms with Gasteiger partial charge >= 0.3 is 0 Å². The van der Waals surface area contributed by atoms with Gasteiger partial charge in [0, 0.05) is 18.6 Å². The van der Waals surface area contributed by atoms with Crippen molar-refractivity contribution >= 4 is 33.3 Å². The van der Waals surface area contributed by atoms with E-state index in [1.54, 1.807) is 0 Å². The van der Waals surface area contributed by atoms with E-state index in [2.05, 4.69) is 22.0 Å². The Morgan fingerprint density at radius 3 is 2.65 bits per heavy atom. The van der Waals surface area contributed by atoms with Gasteiger partial charge in [-0.15, -0.1) is 0 Å². The number of anilines is 1. The first-order valence-corrected chi connectivity index (χ1v) is 7.86. The number of nitriles is 1. The van der Waals surface area contributed by atoms with Crippen LogP contribution in [-0.4, -0.2) is 20.9 Å². The highest BCUT2D eigenvalue weighted by molar-refractivity contribution is 9.10. The molecule has 4 nitrogen and oxygen atoms in total. The molecule has 0 unspecified atom stereocenters. The lowest BCUT2D eigenvalue weighted by molar-refractivity contribution is 0.174. The molecule has 0 aromatic heterocycles. The smallest absolute Gasteiger partial charge is 0.231 e. The van der Waals surface area contributed by atoms with Gasteiger partial charge in [0.2, 0.25) is 6.79 Å². The molecule has 0 bridgehead atoms. The Balaban J connectivity index is 1.96. The maximum Gasteiger partial charge on any atom is 0.231 e. The number of benzene rings is 2. The van der Waals surface area contributed by atoms with Crippen molar-refractivity contribution in [1.29, 1.82) is 5.26 Å². The fraction of sp³-hybridized carbons (Fsp3) is 0.167. The van der Waals surface area contributed by atoms with Crippen molar-refractivity contribution in [2.24, 2.45) is 0 Å². The maximum absolute atomic E-state index is 9.49. The van der Waals surface area contributed by atoms with Gasteiger partial charge in [-0.1, -0.05) is 6.07 Å². The van der Waals surface area contributed by atoms with Gasteiger partial charge in [-0.25, -0.2) is 0 Å². The van der Waals surface area contributed by atoms with Crippen LogP contribution in [0.15, 0.2) is 40.9 Å². The van der Waals surface area contributed by atoms with E-state index in [4.69, 9.17) is 9.47 Å². The van der Waals surface area contributed by atoms with Gasteiger partial charge in [0.05, 0.1) is 17.3 Å². The summed E-state index contributed by atoms with van der Waals surface area (Å²) in [5, 5.41) is 9.49. The molecule has 23 heavy (non-hydrogen) atoms. The van der Waals surface area contributed by atoms with Crippen LogP contribution in [0, 0.1) is 11.3 Å². The summed E-state index contributed by atoms with van der Waals surface area (Å²) < 4.78 is 11.7. The van der Waals surface area contributed by atoms with Crippen LogP contribution in [0.4, 0.5) is 5.69 Å². The minimum atomic E-state index is 0.226. The summed E-state index contributed by atoms with van der Waals surface area (Å²) in [5.41, 5.74) is 3.43. The van der Waals surface area contributed by atoms with Crippen molar-refractivity contribution in [3.63, 3.8) is 0 Å². The second-order valence-electron chi connectivity index (χ2n) is 5.34. The molecule has 0 aliphatic carbocycles. The highest BCUT2D eigenvalue weighted by atomic mass is 79.9. The van der Waals surface area contributed by atoms with Crippen LogP contribution < -0.4 is 14.4 Å². The maximum atomic E-state index is 9.49. The lowest BCUT2D eigenvalue weighted by Gasteiger charge is -2.14. The largest absolute Gasteiger partial charge is 0.454 e. The van der Waals surface area contributed by atoms with Crippen LogP contribution in [0.2, 0.25) is 0 Å². The topological polar surface area (TPSA) is 45.5 Å².